The highest BCUT2D eigenvalue weighted by atomic mass is 32.1. The molecule has 2 aromatic heterocycles. The molecule has 0 aliphatic carbocycles. The molecule has 0 bridgehead atoms. The Kier molecular flexibility index (Phi) is 5.22. The van der Waals surface area contributed by atoms with E-state index in [9.17, 15) is 4.79 Å². The lowest BCUT2D eigenvalue weighted by Gasteiger charge is -2.12. The fraction of sp³-hybridized carbons (Fsp3) is 0.278. The summed E-state index contributed by atoms with van der Waals surface area (Å²) in [5.41, 5.74) is 2.14. The fourth-order valence-corrected chi connectivity index (χ4v) is 3.03. The molecule has 26 heavy (non-hydrogen) atoms. The van der Waals surface area contributed by atoms with Gasteiger partial charge in [0.2, 0.25) is 0 Å². The van der Waals surface area contributed by atoms with Gasteiger partial charge in [-0.2, -0.15) is 0 Å². The molecule has 8 heteroatoms. The summed E-state index contributed by atoms with van der Waals surface area (Å²) in [6.07, 6.45) is 1.71. The molecular weight excluding hydrogens is 354 g/mol. The first kappa shape index (κ1) is 17.9. The molecular formula is C18H19N3O4S. The van der Waals surface area contributed by atoms with Crippen molar-refractivity contribution in [2.24, 2.45) is 0 Å². The molecule has 7 nitrogen and oxygen atoms in total. The number of hydrogen-bond donors (Lipinski definition) is 1. The summed E-state index contributed by atoms with van der Waals surface area (Å²) >= 11 is 1.42. The van der Waals surface area contributed by atoms with Crippen LogP contribution in [0.5, 0.6) is 11.5 Å². The molecule has 1 N–H and O–H groups in total. The Morgan fingerprint density at radius 3 is 2.69 bits per heavy atom. The average Bonchev–Trinajstić information content (AvgIpc) is 3.18. The number of aromatic nitrogens is 2. The van der Waals surface area contributed by atoms with E-state index in [-0.39, 0.29) is 5.91 Å². The van der Waals surface area contributed by atoms with Gasteiger partial charge >= 0.3 is 0 Å². The Morgan fingerprint density at radius 2 is 2.08 bits per heavy atom. The van der Waals surface area contributed by atoms with Crippen molar-refractivity contribution < 1.29 is 18.8 Å². The highest BCUT2D eigenvalue weighted by Crippen LogP contribution is 2.30. The Labute approximate surface area is 154 Å². The second-order valence-electron chi connectivity index (χ2n) is 5.69. The summed E-state index contributed by atoms with van der Waals surface area (Å²) in [6.45, 7) is 5.94. The van der Waals surface area contributed by atoms with E-state index >= 15 is 0 Å². The lowest BCUT2D eigenvalue weighted by atomic mass is 10.2. The summed E-state index contributed by atoms with van der Waals surface area (Å²) in [7, 11) is 1.53. The predicted molar refractivity (Wildman–Crippen MR) is 98.1 cm³/mol. The molecule has 0 aliphatic heterocycles. The number of carbonyl (C=O) groups is 1. The minimum Gasteiger partial charge on any atom is -0.493 e. The lowest BCUT2D eigenvalue weighted by Crippen LogP contribution is -2.12. The number of thiazole rings is 1. The van der Waals surface area contributed by atoms with Crippen LogP contribution in [0.2, 0.25) is 0 Å². The van der Waals surface area contributed by atoms with Gasteiger partial charge in [-0.1, -0.05) is 5.16 Å². The van der Waals surface area contributed by atoms with Crippen molar-refractivity contribution >= 4 is 22.4 Å². The highest BCUT2D eigenvalue weighted by molar-refractivity contribution is 7.15. The number of methoxy groups -OCH3 is 1. The van der Waals surface area contributed by atoms with Crippen LogP contribution in [-0.4, -0.2) is 23.2 Å². The highest BCUT2D eigenvalue weighted by Gasteiger charge is 2.15. The minimum atomic E-state index is -0.255. The van der Waals surface area contributed by atoms with Crippen molar-refractivity contribution in [1.29, 1.82) is 0 Å². The largest absolute Gasteiger partial charge is 0.493 e. The Bertz CT molecular complexity index is 913. The zero-order chi connectivity index (χ0) is 18.7. The van der Waals surface area contributed by atoms with E-state index in [0.29, 0.717) is 28.8 Å². The number of rotatable bonds is 6. The number of nitrogens with one attached hydrogen (secondary N) is 1. The number of carbonyl (C=O) groups excluding carboxylic acids is 1. The predicted octanol–water partition coefficient (Wildman–Crippen LogP) is 3.90. The van der Waals surface area contributed by atoms with Crippen LogP contribution in [0.15, 0.2) is 28.9 Å². The van der Waals surface area contributed by atoms with Crippen molar-refractivity contribution in [3.63, 3.8) is 0 Å². The number of aryl methyl sites for hydroxylation is 3. The molecule has 0 saturated carbocycles. The normalized spacial score (nSPS) is 10.6. The van der Waals surface area contributed by atoms with Crippen LogP contribution in [-0.2, 0) is 6.61 Å². The Hall–Kier alpha value is -2.87. The standard InChI is InChI=1S/C18H19N3O4S/c1-10-8-19-18(26-10)20-17(22)13-5-6-15(16(7-13)23-4)24-9-14-11(2)21-25-12(14)3/h5-8H,9H2,1-4H3,(H,19,20,22). The van der Waals surface area contributed by atoms with E-state index in [4.69, 9.17) is 14.0 Å². The molecule has 136 valence electrons. The SMILES string of the molecule is COc1cc(C(=O)Nc2ncc(C)s2)ccc1OCc1c(C)noc1C. The van der Waals surface area contributed by atoms with Gasteiger partial charge in [-0.05, 0) is 39.0 Å². The van der Waals surface area contributed by atoms with Crippen LogP contribution in [0.1, 0.15) is 32.3 Å². The van der Waals surface area contributed by atoms with Crippen LogP contribution in [0.4, 0.5) is 5.13 Å². The van der Waals surface area contributed by atoms with Crippen molar-refractivity contribution in [3.8, 4) is 11.5 Å². The maximum atomic E-state index is 12.4. The summed E-state index contributed by atoms with van der Waals surface area (Å²) in [5.74, 6) is 1.47. The fourth-order valence-electron chi connectivity index (χ4n) is 2.37. The van der Waals surface area contributed by atoms with Gasteiger partial charge in [-0.25, -0.2) is 4.98 Å². The van der Waals surface area contributed by atoms with E-state index in [1.165, 1.54) is 18.4 Å². The van der Waals surface area contributed by atoms with Crippen LogP contribution >= 0.6 is 11.3 Å². The van der Waals surface area contributed by atoms with Gasteiger partial charge in [-0.15, -0.1) is 11.3 Å². The summed E-state index contributed by atoms with van der Waals surface area (Å²) in [5, 5.41) is 7.24. The molecule has 0 fully saturated rings. The third-order valence-electron chi connectivity index (χ3n) is 3.82. The maximum absolute atomic E-state index is 12.4. The summed E-state index contributed by atoms with van der Waals surface area (Å²) < 4.78 is 16.3. The van der Waals surface area contributed by atoms with E-state index in [0.717, 1.165) is 21.9 Å². The molecule has 0 spiro atoms. The third kappa shape index (κ3) is 3.85. The van der Waals surface area contributed by atoms with Crippen molar-refractivity contribution in [2.45, 2.75) is 27.4 Å². The first-order valence-electron chi connectivity index (χ1n) is 7.94. The van der Waals surface area contributed by atoms with E-state index < -0.39 is 0 Å². The zero-order valence-electron chi connectivity index (χ0n) is 15.0. The third-order valence-corrected chi connectivity index (χ3v) is 4.65. The molecule has 0 atom stereocenters. The van der Waals surface area contributed by atoms with Crippen LogP contribution in [0, 0.1) is 20.8 Å². The zero-order valence-corrected chi connectivity index (χ0v) is 15.8. The van der Waals surface area contributed by atoms with Gasteiger partial charge in [0.1, 0.15) is 12.4 Å². The maximum Gasteiger partial charge on any atom is 0.257 e. The Balaban J connectivity index is 1.73. The molecule has 0 aliphatic rings. The minimum absolute atomic E-state index is 0.255. The number of ether oxygens (including phenoxy) is 2. The van der Waals surface area contributed by atoms with Crippen molar-refractivity contribution in [2.75, 3.05) is 12.4 Å². The first-order valence-corrected chi connectivity index (χ1v) is 8.76. The average molecular weight is 373 g/mol. The van der Waals surface area contributed by atoms with Crippen LogP contribution in [0.3, 0.4) is 0 Å². The quantitative estimate of drug-likeness (QED) is 0.705. The van der Waals surface area contributed by atoms with Gasteiger partial charge in [0, 0.05) is 16.6 Å². The van der Waals surface area contributed by atoms with Crippen molar-refractivity contribution in [3.05, 3.63) is 51.9 Å². The number of nitrogens with zero attached hydrogens (tertiary/aromatic N) is 2. The van der Waals surface area contributed by atoms with E-state index in [1.807, 2.05) is 20.8 Å². The van der Waals surface area contributed by atoms with Gasteiger partial charge in [0.05, 0.1) is 18.4 Å². The monoisotopic (exact) mass is 373 g/mol. The van der Waals surface area contributed by atoms with Gasteiger partial charge in [0.25, 0.3) is 5.91 Å². The topological polar surface area (TPSA) is 86.5 Å². The molecule has 3 aromatic rings. The molecule has 1 aromatic carbocycles. The smallest absolute Gasteiger partial charge is 0.257 e. The van der Waals surface area contributed by atoms with Gasteiger partial charge in [-0.3, -0.25) is 10.1 Å². The van der Waals surface area contributed by atoms with Gasteiger partial charge < -0.3 is 14.0 Å². The molecule has 0 unspecified atom stereocenters. The second kappa shape index (κ2) is 7.57. The summed E-state index contributed by atoms with van der Waals surface area (Å²) in [4.78, 5) is 17.5. The number of hydrogen-bond acceptors (Lipinski definition) is 7. The van der Waals surface area contributed by atoms with Crippen LogP contribution in [0.25, 0.3) is 0 Å². The molecule has 0 radical (unpaired) electrons. The van der Waals surface area contributed by atoms with Gasteiger partial charge in [0.15, 0.2) is 16.6 Å². The first-order chi connectivity index (χ1) is 12.5. The molecule has 1 amide bonds. The number of anilines is 1. The second-order valence-corrected chi connectivity index (χ2v) is 6.92. The van der Waals surface area contributed by atoms with E-state index in [2.05, 4.69) is 15.5 Å². The number of amides is 1. The number of benzene rings is 1. The molecule has 2 heterocycles. The Morgan fingerprint density at radius 1 is 1.27 bits per heavy atom. The molecule has 0 saturated heterocycles. The molecule has 3 rings (SSSR count). The van der Waals surface area contributed by atoms with Crippen LogP contribution < -0.4 is 14.8 Å². The van der Waals surface area contributed by atoms with Crippen molar-refractivity contribution in [1.82, 2.24) is 10.1 Å². The van der Waals surface area contributed by atoms with E-state index in [1.54, 1.807) is 24.4 Å². The summed E-state index contributed by atoms with van der Waals surface area (Å²) in [6, 6.07) is 5.03. The lowest BCUT2D eigenvalue weighted by molar-refractivity contribution is 0.102.